The van der Waals surface area contributed by atoms with Crippen LogP contribution in [0.1, 0.15) is 24.1 Å². The Morgan fingerprint density at radius 3 is 2.11 bits per heavy atom. The standard InChI is InChI=1S/C16H16ClNO/c1-13(15-10-6-3-7-11-15)18(16(17)19)12-14-8-4-2-5-9-14/h2-11,13H,12H2,1H3/t13-/m1/s1. The quantitative estimate of drug-likeness (QED) is 0.588. The lowest BCUT2D eigenvalue weighted by Crippen LogP contribution is -2.28. The van der Waals surface area contributed by atoms with E-state index in [0.29, 0.717) is 6.54 Å². The molecule has 1 amide bonds. The SMILES string of the molecule is C[C@H](c1ccccc1)N(Cc1ccccc1)C(=O)Cl. The minimum atomic E-state index is -0.430. The summed E-state index contributed by atoms with van der Waals surface area (Å²) in [6.07, 6.45) is 0. The molecule has 0 N–H and O–H groups in total. The monoisotopic (exact) mass is 273 g/mol. The third kappa shape index (κ3) is 3.58. The van der Waals surface area contributed by atoms with E-state index in [-0.39, 0.29) is 6.04 Å². The Morgan fingerprint density at radius 1 is 1.05 bits per heavy atom. The molecule has 1 atom stereocenters. The number of benzene rings is 2. The molecule has 0 radical (unpaired) electrons. The average molecular weight is 274 g/mol. The molecular weight excluding hydrogens is 258 g/mol. The van der Waals surface area contributed by atoms with Crippen LogP contribution in [0.3, 0.4) is 0 Å². The summed E-state index contributed by atoms with van der Waals surface area (Å²) in [7, 11) is 0. The van der Waals surface area contributed by atoms with E-state index in [2.05, 4.69) is 0 Å². The largest absolute Gasteiger partial charge is 0.318 e. The van der Waals surface area contributed by atoms with Gasteiger partial charge in [0.05, 0.1) is 6.04 Å². The van der Waals surface area contributed by atoms with E-state index >= 15 is 0 Å². The van der Waals surface area contributed by atoms with Crippen LogP contribution >= 0.6 is 11.6 Å². The van der Waals surface area contributed by atoms with Crippen LogP contribution in [0.4, 0.5) is 4.79 Å². The van der Waals surface area contributed by atoms with Gasteiger partial charge in [-0.2, -0.15) is 0 Å². The Bertz CT molecular complexity index is 527. The normalized spacial score (nSPS) is 11.9. The summed E-state index contributed by atoms with van der Waals surface area (Å²) in [6.45, 7) is 2.50. The maximum absolute atomic E-state index is 11.7. The van der Waals surface area contributed by atoms with Gasteiger partial charge in [0.1, 0.15) is 0 Å². The van der Waals surface area contributed by atoms with E-state index in [1.165, 1.54) is 0 Å². The molecule has 0 aliphatic heterocycles. The molecule has 0 bridgehead atoms. The molecule has 2 aromatic rings. The highest BCUT2D eigenvalue weighted by molar-refractivity contribution is 6.62. The number of amides is 1. The van der Waals surface area contributed by atoms with Crippen molar-refractivity contribution in [3.63, 3.8) is 0 Å². The van der Waals surface area contributed by atoms with Crippen LogP contribution < -0.4 is 0 Å². The smallest absolute Gasteiger partial charge is 0.317 e. The number of hydrogen-bond acceptors (Lipinski definition) is 1. The molecule has 19 heavy (non-hydrogen) atoms. The predicted octanol–water partition coefficient (Wildman–Crippen LogP) is 4.61. The van der Waals surface area contributed by atoms with Crippen molar-refractivity contribution >= 4 is 17.0 Å². The van der Waals surface area contributed by atoms with Crippen molar-refractivity contribution in [2.24, 2.45) is 0 Å². The number of hydrogen-bond donors (Lipinski definition) is 0. The zero-order chi connectivity index (χ0) is 13.7. The summed E-state index contributed by atoms with van der Waals surface area (Å²) >= 11 is 5.73. The molecule has 0 heterocycles. The average Bonchev–Trinajstić information content (AvgIpc) is 2.46. The number of carbonyl (C=O) groups excluding carboxylic acids is 1. The Hall–Kier alpha value is -1.80. The molecule has 0 spiro atoms. The highest BCUT2D eigenvalue weighted by Gasteiger charge is 2.19. The van der Waals surface area contributed by atoms with Crippen molar-refractivity contribution in [2.45, 2.75) is 19.5 Å². The molecular formula is C16H16ClNO. The molecule has 0 fully saturated rings. The maximum atomic E-state index is 11.7. The molecule has 0 aromatic heterocycles. The summed E-state index contributed by atoms with van der Waals surface area (Å²) in [5.74, 6) is 0. The Balaban J connectivity index is 2.19. The second-order valence-electron chi connectivity index (χ2n) is 4.45. The maximum Gasteiger partial charge on any atom is 0.317 e. The van der Waals surface area contributed by atoms with Crippen LogP contribution in [0.2, 0.25) is 0 Å². The first-order valence-corrected chi connectivity index (χ1v) is 6.61. The third-order valence-corrected chi connectivity index (χ3v) is 3.39. The Kier molecular flexibility index (Phi) is 4.58. The van der Waals surface area contributed by atoms with E-state index < -0.39 is 5.37 Å². The summed E-state index contributed by atoms with van der Waals surface area (Å²) in [5, 5.41) is -0.430. The highest BCUT2D eigenvalue weighted by Crippen LogP contribution is 2.23. The van der Waals surface area contributed by atoms with Crippen molar-refractivity contribution in [3.05, 3.63) is 71.8 Å². The first-order chi connectivity index (χ1) is 9.18. The van der Waals surface area contributed by atoms with Gasteiger partial charge < -0.3 is 4.90 Å². The number of nitrogens with zero attached hydrogens (tertiary/aromatic N) is 1. The topological polar surface area (TPSA) is 20.3 Å². The van der Waals surface area contributed by atoms with Gasteiger partial charge in [-0.3, -0.25) is 4.79 Å². The van der Waals surface area contributed by atoms with Crippen LogP contribution in [-0.4, -0.2) is 10.3 Å². The first-order valence-electron chi connectivity index (χ1n) is 6.23. The fourth-order valence-corrected chi connectivity index (χ4v) is 2.25. The van der Waals surface area contributed by atoms with Gasteiger partial charge in [-0.15, -0.1) is 0 Å². The van der Waals surface area contributed by atoms with Gasteiger partial charge >= 0.3 is 5.37 Å². The number of rotatable bonds is 4. The van der Waals surface area contributed by atoms with Gasteiger partial charge in [-0.25, -0.2) is 0 Å². The lowest BCUT2D eigenvalue weighted by atomic mass is 10.1. The third-order valence-electron chi connectivity index (χ3n) is 3.17. The lowest BCUT2D eigenvalue weighted by molar-refractivity contribution is 0.199. The van der Waals surface area contributed by atoms with Crippen molar-refractivity contribution in [3.8, 4) is 0 Å². The predicted molar refractivity (Wildman–Crippen MR) is 78.1 cm³/mol. The molecule has 3 heteroatoms. The van der Waals surface area contributed by atoms with Crippen molar-refractivity contribution in [2.75, 3.05) is 0 Å². The van der Waals surface area contributed by atoms with Gasteiger partial charge in [0.25, 0.3) is 0 Å². The summed E-state index contributed by atoms with van der Waals surface area (Å²) in [6, 6.07) is 19.7. The molecule has 98 valence electrons. The van der Waals surface area contributed by atoms with Gasteiger partial charge in [-0.05, 0) is 29.7 Å². The number of halogens is 1. The van der Waals surface area contributed by atoms with Gasteiger partial charge in [0, 0.05) is 6.54 Å². The van der Waals surface area contributed by atoms with Gasteiger partial charge in [0.2, 0.25) is 0 Å². The molecule has 2 aromatic carbocycles. The molecule has 0 saturated heterocycles. The van der Waals surface area contributed by atoms with Crippen LogP contribution in [-0.2, 0) is 6.54 Å². The van der Waals surface area contributed by atoms with Crippen LogP contribution in [0.15, 0.2) is 60.7 Å². The summed E-state index contributed by atoms with van der Waals surface area (Å²) in [5.41, 5.74) is 2.15. The minimum absolute atomic E-state index is 0.0496. The zero-order valence-corrected chi connectivity index (χ0v) is 11.5. The molecule has 0 aliphatic carbocycles. The van der Waals surface area contributed by atoms with E-state index in [0.717, 1.165) is 11.1 Å². The van der Waals surface area contributed by atoms with Crippen molar-refractivity contribution < 1.29 is 4.79 Å². The first kappa shape index (κ1) is 13.6. The van der Waals surface area contributed by atoms with Gasteiger partial charge in [-0.1, -0.05) is 60.7 Å². The fraction of sp³-hybridized carbons (Fsp3) is 0.188. The van der Waals surface area contributed by atoms with Crippen molar-refractivity contribution in [1.29, 1.82) is 0 Å². The second kappa shape index (κ2) is 6.39. The second-order valence-corrected chi connectivity index (χ2v) is 4.78. The van der Waals surface area contributed by atoms with E-state index in [9.17, 15) is 4.79 Å². The van der Waals surface area contributed by atoms with Crippen LogP contribution in [0.5, 0.6) is 0 Å². The number of carbonyl (C=O) groups is 1. The van der Waals surface area contributed by atoms with Gasteiger partial charge in [0.15, 0.2) is 0 Å². The summed E-state index contributed by atoms with van der Waals surface area (Å²) < 4.78 is 0. The molecule has 0 unspecified atom stereocenters. The zero-order valence-electron chi connectivity index (χ0n) is 10.8. The van der Waals surface area contributed by atoms with E-state index in [1.807, 2.05) is 67.6 Å². The Labute approximate surface area is 118 Å². The highest BCUT2D eigenvalue weighted by atomic mass is 35.5. The summed E-state index contributed by atoms with van der Waals surface area (Å²) in [4.78, 5) is 13.3. The minimum Gasteiger partial charge on any atom is -0.318 e. The van der Waals surface area contributed by atoms with E-state index in [4.69, 9.17) is 11.6 Å². The fourth-order valence-electron chi connectivity index (χ4n) is 2.04. The van der Waals surface area contributed by atoms with E-state index in [1.54, 1.807) is 4.90 Å². The van der Waals surface area contributed by atoms with Crippen molar-refractivity contribution in [1.82, 2.24) is 4.90 Å². The lowest BCUT2D eigenvalue weighted by Gasteiger charge is -2.27. The molecule has 2 rings (SSSR count). The van der Waals surface area contributed by atoms with Crippen LogP contribution in [0.25, 0.3) is 0 Å². The van der Waals surface area contributed by atoms with Crippen LogP contribution in [0, 0.1) is 0 Å². The molecule has 2 nitrogen and oxygen atoms in total. The molecule has 0 aliphatic rings. The Morgan fingerprint density at radius 2 is 1.58 bits per heavy atom. The molecule has 0 saturated carbocycles.